The van der Waals surface area contributed by atoms with E-state index in [-0.39, 0.29) is 0 Å². The van der Waals surface area contributed by atoms with E-state index in [4.69, 9.17) is 4.74 Å². The van der Waals surface area contributed by atoms with E-state index in [1.165, 1.54) is 12.8 Å². The Bertz CT molecular complexity index is 356. The Kier molecular flexibility index (Phi) is 7.95. The van der Waals surface area contributed by atoms with Gasteiger partial charge in [0.15, 0.2) is 0 Å². The van der Waals surface area contributed by atoms with E-state index in [1.54, 1.807) is 0 Å². The predicted molar refractivity (Wildman–Crippen MR) is 84.3 cm³/mol. The number of ether oxygens (including phenoxy) is 1. The number of hydrogen-bond acceptors (Lipinski definition) is 2. The number of benzene rings is 1. The number of nitrogens with one attached hydrogen (secondary N) is 1. The van der Waals surface area contributed by atoms with E-state index in [2.05, 4.69) is 51.0 Å². The largest absolute Gasteiger partial charge is 0.492 e. The summed E-state index contributed by atoms with van der Waals surface area (Å²) in [6.07, 6.45) is 3.51. The topological polar surface area (TPSA) is 21.3 Å². The van der Waals surface area contributed by atoms with Gasteiger partial charge in [-0.1, -0.05) is 29.8 Å². The van der Waals surface area contributed by atoms with Crippen molar-refractivity contribution in [3.8, 4) is 5.75 Å². The fourth-order valence-corrected chi connectivity index (χ4v) is 2.73. The second-order valence-corrected chi connectivity index (χ2v) is 6.36. The molecule has 4 heteroatoms. The first-order chi connectivity index (χ1) is 8.59. The number of rotatable bonds is 8. The van der Waals surface area contributed by atoms with Gasteiger partial charge in [-0.15, -0.1) is 0 Å². The molecule has 0 aliphatic carbocycles. The minimum Gasteiger partial charge on any atom is -0.492 e. The number of halogens is 2. The van der Waals surface area contributed by atoms with Crippen molar-refractivity contribution in [1.82, 2.24) is 5.32 Å². The SMILES string of the molecule is CC(C)NCCCCCOc1ccc(Br)cc1Br. The molecule has 0 spiro atoms. The molecule has 0 atom stereocenters. The molecule has 0 unspecified atom stereocenters. The molecule has 0 saturated heterocycles. The molecule has 1 aromatic carbocycles. The zero-order chi connectivity index (χ0) is 13.4. The smallest absolute Gasteiger partial charge is 0.133 e. The Morgan fingerprint density at radius 3 is 2.61 bits per heavy atom. The van der Waals surface area contributed by atoms with Gasteiger partial charge in [-0.2, -0.15) is 0 Å². The Hall–Kier alpha value is -0.0600. The third kappa shape index (κ3) is 6.76. The van der Waals surface area contributed by atoms with E-state index in [0.29, 0.717) is 6.04 Å². The van der Waals surface area contributed by atoms with Gasteiger partial charge in [-0.25, -0.2) is 0 Å². The molecule has 0 bridgehead atoms. The van der Waals surface area contributed by atoms with Crippen LogP contribution in [0.4, 0.5) is 0 Å². The third-order valence-corrected chi connectivity index (χ3v) is 3.64. The Balaban J connectivity index is 2.11. The summed E-state index contributed by atoms with van der Waals surface area (Å²) in [5, 5.41) is 3.42. The van der Waals surface area contributed by atoms with E-state index in [9.17, 15) is 0 Å². The van der Waals surface area contributed by atoms with Gasteiger partial charge in [-0.3, -0.25) is 0 Å². The molecule has 18 heavy (non-hydrogen) atoms. The summed E-state index contributed by atoms with van der Waals surface area (Å²) in [5.41, 5.74) is 0. The summed E-state index contributed by atoms with van der Waals surface area (Å²) in [6.45, 7) is 6.23. The van der Waals surface area contributed by atoms with Crippen LogP contribution in [0.3, 0.4) is 0 Å². The van der Waals surface area contributed by atoms with E-state index in [1.807, 2.05) is 18.2 Å². The fraction of sp³-hybridized carbons (Fsp3) is 0.571. The molecule has 0 aromatic heterocycles. The molecule has 0 aliphatic rings. The average molecular weight is 379 g/mol. The molecule has 2 nitrogen and oxygen atoms in total. The molecule has 0 radical (unpaired) electrons. The summed E-state index contributed by atoms with van der Waals surface area (Å²) < 4.78 is 7.79. The summed E-state index contributed by atoms with van der Waals surface area (Å²) >= 11 is 6.92. The van der Waals surface area contributed by atoms with Gasteiger partial charge in [0.25, 0.3) is 0 Å². The van der Waals surface area contributed by atoms with Gasteiger partial charge in [0.1, 0.15) is 5.75 Å². The highest BCUT2D eigenvalue weighted by atomic mass is 79.9. The van der Waals surface area contributed by atoms with Crippen molar-refractivity contribution >= 4 is 31.9 Å². The lowest BCUT2D eigenvalue weighted by Gasteiger charge is -2.09. The van der Waals surface area contributed by atoms with E-state index in [0.717, 1.165) is 34.3 Å². The molecule has 0 amide bonds. The van der Waals surface area contributed by atoms with Crippen LogP contribution in [0.2, 0.25) is 0 Å². The third-order valence-electron chi connectivity index (χ3n) is 2.53. The maximum Gasteiger partial charge on any atom is 0.133 e. The lowest BCUT2D eigenvalue weighted by molar-refractivity contribution is 0.303. The van der Waals surface area contributed by atoms with Crippen molar-refractivity contribution in [2.75, 3.05) is 13.2 Å². The quantitative estimate of drug-likeness (QED) is 0.658. The highest BCUT2D eigenvalue weighted by molar-refractivity contribution is 9.11. The molecule has 0 fully saturated rings. The van der Waals surface area contributed by atoms with Crippen LogP contribution in [0.1, 0.15) is 33.1 Å². The lowest BCUT2D eigenvalue weighted by atomic mass is 10.2. The van der Waals surface area contributed by atoms with E-state index >= 15 is 0 Å². The standard InChI is InChI=1S/C14H21Br2NO/c1-11(2)17-8-4-3-5-9-18-14-7-6-12(15)10-13(14)16/h6-7,10-11,17H,3-5,8-9H2,1-2H3. The van der Waals surface area contributed by atoms with Gasteiger partial charge in [0.05, 0.1) is 11.1 Å². The summed E-state index contributed by atoms with van der Waals surface area (Å²) in [5.74, 6) is 0.915. The van der Waals surface area contributed by atoms with Crippen LogP contribution < -0.4 is 10.1 Å². The van der Waals surface area contributed by atoms with Crippen molar-refractivity contribution in [3.05, 3.63) is 27.1 Å². The van der Waals surface area contributed by atoms with Gasteiger partial charge in [0, 0.05) is 10.5 Å². The van der Waals surface area contributed by atoms with Crippen molar-refractivity contribution in [2.45, 2.75) is 39.2 Å². The normalized spacial score (nSPS) is 10.9. The van der Waals surface area contributed by atoms with Crippen LogP contribution in [-0.2, 0) is 0 Å². The van der Waals surface area contributed by atoms with Crippen LogP contribution in [0.5, 0.6) is 5.75 Å². The molecular weight excluding hydrogens is 358 g/mol. The van der Waals surface area contributed by atoms with Crippen LogP contribution in [0.15, 0.2) is 27.1 Å². The zero-order valence-corrected chi connectivity index (χ0v) is 14.2. The Labute approximate surface area is 127 Å². The molecule has 1 rings (SSSR count). The summed E-state index contributed by atoms with van der Waals surface area (Å²) in [7, 11) is 0. The Morgan fingerprint density at radius 1 is 1.17 bits per heavy atom. The zero-order valence-electron chi connectivity index (χ0n) is 11.0. The highest BCUT2D eigenvalue weighted by Crippen LogP contribution is 2.28. The number of unbranched alkanes of at least 4 members (excludes halogenated alkanes) is 2. The van der Waals surface area contributed by atoms with Gasteiger partial charge in [0.2, 0.25) is 0 Å². The van der Waals surface area contributed by atoms with Gasteiger partial charge in [-0.05, 0) is 59.9 Å². The highest BCUT2D eigenvalue weighted by Gasteiger charge is 2.01. The molecule has 0 heterocycles. The van der Waals surface area contributed by atoms with Crippen molar-refractivity contribution < 1.29 is 4.74 Å². The first-order valence-electron chi connectivity index (χ1n) is 6.41. The first-order valence-corrected chi connectivity index (χ1v) is 7.99. The van der Waals surface area contributed by atoms with Crippen molar-refractivity contribution in [1.29, 1.82) is 0 Å². The van der Waals surface area contributed by atoms with Crippen LogP contribution in [-0.4, -0.2) is 19.2 Å². The van der Waals surface area contributed by atoms with Crippen LogP contribution in [0.25, 0.3) is 0 Å². The monoisotopic (exact) mass is 377 g/mol. The average Bonchev–Trinajstić information content (AvgIpc) is 2.30. The molecule has 0 saturated carbocycles. The maximum atomic E-state index is 5.73. The molecule has 1 aromatic rings. The molecule has 102 valence electrons. The van der Waals surface area contributed by atoms with Gasteiger partial charge >= 0.3 is 0 Å². The molecule has 0 aliphatic heterocycles. The molecule has 1 N–H and O–H groups in total. The van der Waals surface area contributed by atoms with E-state index < -0.39 is 0 Å². The fourth-order valence-electron chi connectivity index (χ4n) is 1.57. The molecular formula is C14H21Br2NO. The van der Waals surface area contributed by atoms with Gasteiger partial charge < -0.3 is 10.1 Å². The summed E-state index contributed by atoms with van der Waals surface area (Å²) in [6, 6.07) is 6.56. The first kappa shape index (κ1) is 16.0. The van der Waals surface area contributed by atoms with Crippen molar-refractivity contribution in [3.63, 3.8) is 0 Å². The summed E-state index contributed by atoms with van der Waals surface area (Å²) in [4.78, 5) is 0. The lowest BCUT2D eigenvalue weighted by Crippen LogP contribution is -2.23. The predicted octanol–water partition coefficient (Wildman–Crippen LogP) is 4.76. The second-order valence-electron chi connectivity index (χ2n) is 4.59. The second kappa shape index (κ2) is 8.94. The van der Waals surface area contributed by atoms with Crippen LogP contribution >= 0.6 is 31.9 Å². The number of hydrogen-bond donors (Lipinski definition) is 1. The maximum absolute atomic E-state index is 5.73. The minimum absolute atomic E-state index is 0.583. The Morgan fingerprint density at radius 2 is 1.94 bits per heavy atom. The van der Waals surface area contributed by atoms with Crippen LogP contribution in [0, 0.1) is 0 Å². The minimum atomic E-state index is 0.583. The van der Waals surface area contributed by atoms with Crippen molar-refractivity contribution in [2.24, 2.45) is 0 Å².